The fourth-order valence-electron chi connectivity index (χ4n) is 6.33. The Kier molecular flexibility index (Phi) is 15.6. The Labute approximate surface area is 236 Å². The first kappa shape index (κ1) is 30.7. The van der Waals surface area contributed by atoms with Crippen LogP contribution in [0.2, 0.25) is 0 Å². The molecule has 0 atom stereocenters. The molecule has 0 aliphatic heterocycles. The van der Waals surface area contributed by atoms with Gasteiger partial charge in [0.05, 0.1) is 0 Å². The third-order valence-electron chi connectivity index (χ3n) is 8.70. The van der Waals surface area contributed by atoms with Gasteiger partial charge in [-0.25, -0.2) is 0 Å². The lowest BCUT2D eigenvalue weighted by atomic mass is 9.95. The summed E-state index contributed by atoms with van der Waals surface area (Å²) in [6.45, 7) is 4.62. The van der Waals surface area contributed by atoms with E-state index in [-0.39, 0.29) is 0 Å². The van der Waals surface area contributed by atoms with E-state index in [1.54, 1.807) is 10.8 Å². The van der Waals surface area contributed by atoms with E-state index < -0.39 is 0 Å². The van der Waals surface area contributed by atoms with E-state index >= 15 is 0 Å². The molecule has 0 spiro atoms. The van der Waals surface area contributed by atoms with E-state index in [0.717, 1.165) is 0 Å². The van der Waals surface area contributed by atoms with Crippen molar-refractivity contribution in [1.82, 2.24) is 0 Å². The van der Waals surface area contributed by atoms with Crippen molar-refractivity contribution >= 4 is 11.6 Å². The standard InChI is InChI=1S/C38H58/c1-3-5-7-9-11-13-15-17-19-21-26-33(27-22-20-18-16-14-12-10-8-6-4-2)35-30-25-31-37-36-29-24-23-28-34(36)32-38(35)37/h23-25,28-32H,3-22,26-27H2,1-2H3. The minimum absolute atomic E-state index is 1.29. The topological polar surface area (TPSA) is 0 Å². The van der Waals surface area contributed by atoms with Gasteiger partial charge in [-0.05, 0) is 58.9 Å². The monoisotopic (exact) mass is 514 g/mol. The fraction of sp³-hybridized carbons (Fsp3) is 0.632. The molecular formula is C38H58. The molecule has 0 unspecified atom stereocenters. The predicted octanol–water partition coefficient (Wildman–Crippen LogP) is 11.3. The largest absolute Gasteiger partial charge is 0.0654 e. The van der Waals surface area contributed by atoms with E-state index in [9.17, 15) is 0 Å². The quantitative estimate of drug-likeness (QED) is 0.117. The number of unbranched alkanes of at least 4 members (excludes halogenated alkanes) is 18. The molecule has 1 aliphatic carbocycles. The zero-order valence-electron chi connectivity index (χ0n) is 25.2. The number of hydrogen-bond acceptors (Lipinski definition) is 0. The van der Waals surface area contributed by atoms with Crippen LogP contribution in [0.25, 0.3) is 22.8 Å². The predicted molar refractivity (Wildman–Crippen MR) is 171 cm³/mol. The molecular weight excluding hydrogens is 456 g/mol. The maximum atomic E-state index is 2.46. The lowest BCUT2D eigenvalue weighted by Gasteiger charge is -2.10. The van der Waals surface area contributed by atoms with Crippen LogP contribution < -0.4 is 10.4 Å². The van der Waals surface area contributed by atoms with Gasteiger partial charge >= 0.3 is 0 Å². The van der Waals surface area contributed by atoms with Gasteiger partial charge in [-0.15, -0.1) is 0 Å². The minimum Gasteiger partial charge on any atom is -0.0654 e. The summed E-state index contributed by atoms with van der Waals surface area (Å²) in [7, 11) is 0. The molecule has 0 saturated carbocycles. The first-order valence-electron chi connectivity index (χ1n) is 16.8. The van der Waals surface area contributed by atoms with E-state index in [1.165, 1.54) is 163 Å². The van der Waals surface area contributed by atoms with Crippen LogP contribution in [0.1, 0.15) is 161 Å². The van der Waals surface area contributed by atoms with Crippen LogP contribution in [0, 0.1) is 0 Å². The Morgan fingerprint density at radius 1 is 0.447 bits per heavy atom. The van der Waals surface area contributed by atoms with Gasteiger partial charge in [0.25, 0.3) is 0 Å². The van der Waals surface area contributed by atoms with Crippen molar-refractivity contribution in [2.45, 2.75) is 155 Å². The molecule has 0 amide bonds. The van der Waals surface area contributed by atoms with Gasteiger partial charge in [0.1, 0.15) is 0 Å². The first-order valence-corrected chi connectivity index (χ1v) is 16.8. The van der Waals surface area contributed by atoms with Crippen LogP contribution >= 0.6 is 0 Å². The molecule has 0 saturated heterocycles. The molecule has 0 heteroatoms. The smallest absolute Gasteiger partial charge is 0.00992 e. The minimum atomic E-state index is 1.29. The molecule has 0 nitrogen and oxygen atoms in total. The van der Waals surface area contributed by atoms with Crippen LogP contribution in [-0.4, -0.2) is 0 Å². The number of rotatable bonds is 22. The highest BCUT2D eigenvalue weighted by molar-refractivity contribution is 5.83. The Balaban J connectivity index is 1.52. The molecule has 210 valence electrons. The van der Waals surface area contributed by atoms with Crippen molar-refractivity contribution < 1.29 is 0 Å². The molecule has 2 aromatic carbocycles. The summed E-state index contributed by atoms with van der Waals surface area (Å²) in [6.07, 6.45) is 33.4. The maximum Gasteiger partial charge on any atom is -0.00992 e. The van der Waals surface area contributed by atoms with Crippen molar-refractivity contribution in [2.24, 2.45) is 0 Å². The average Bonchev–Trinajstić information content (AvgIpc) is 3.33. The number of fused-ring (bicyclic) bond motifs is 3. The van der Waals surface area contributed by atoms with E-state index in [4.69, 9.17) is 0 Å². The second kappa shape index (κ2) is 19.3. The summed E-state index contributed by atoms with van der Waals surface area (Å²) < 4.78 is 0. The fourth-order valence-corrected chi connectivity index (χ4v) is 6.33. The second-order valence-corrected chi connectivity index (χ2v) is 12.0. The summed E-state index contributed by atoms with van der Waals surface area (Å²) in [6, 6.07) is 16.0. The van der Waals surface area contributed by atoms with Crippen molar-refractivity contribution in [3.05, 3.63) is 58.5 Å². The summed E-state index contributed by atoms with van der Waals surface area (Å²) in [5.74, 6) is 0. The van der Waals surface area contributed by atoms with Gasteiger partial charge < -0.3 is 0 Å². The molecule has 1 aliphatic rings. The van der Waals surface area contributed by atoms with E-state index in [1.807, 2.05) is 0 Å². The highest BCUT2D eigenvalue weighted by Gasteiger charge is 2.13. The molecule has 0 bridgehead atoms. The molecule has 0 heterocycles. The van der Waals surface area contributed by atoms with Crippen LogP contribution in [0.4, 0.5) is 0 Å². The summed E-state index contributed by atoms with van der Waals surface area (Å²) in [5, 5.41) is 3.04. The van der Waals surface area contributed by atoms with Crippen molar-refractivity contribution in [3.63, 3.8) is 0 Å². The summed E-state index contributed by atoms with van der Waals surface area (Å²) in [5.41, 5.74) is 5.99. The second-order valence-electron chi connectivity index (χ2n) is 12.0. The summed E-state index contributed by atoms with van der Waals surface area (Å²) >= 11 is 0. The SMILES string of the molecule is CCCCCCCCCCCCC(CCCCCCCCCCCC)=c1cccc2c1=Cc1ccccc1-2. The molecule has 0 N–H and O–H groups in total. The third-order valence-corrected chi connectivity index (χ3v) is 8.70. The van der Waals surface area contributed by atoms with Crippen LogP contribution in [0.3, 0.4) is 0 Å². The summed E-state index contributed by atoms with van der Waals surface area (Å²) in [4.78, 5) is 0. The lowest BCUT2D eigenvalue weighted by molar-refractivity contribution is 0.552. The maximum absolute atomic E-state index is 2.46. The molecule has 38 heavy (non-hydrogen) atoms. The van der Waals surface area contributed by atoms with Crippen LogP contribution in [0.5, 0.6) is 0 Å². The Morgan fingerprint density at radius 3 is 1.42 bits per heavy atom. The number of hydrogen-bond donors (Lipinski definition) is 0. The molecule has 2 aromatic rings. The average molecular weight is 515 g/mol. The van der Waals surface area contributed by atoms with Crippen LogP contribution in [-0.2, 0) is 0 Å². The molecule has 0 aromatic heterocycles. The van der Waals surface area contributed by atoms with Gasteiger partial charge in [-0.1, -0.05) is 177 Å². The Bertz CT molecular complexity index is 985. The van der Waals surface area contributed by atoms with Gasteiger partial charge in [0.15, 0.2) is 0 Å². The van der Waals surface area contributed by atoms with Gasteiger partial charge in [-0.2, -0.15) is 0 Å². The zero-order chi connectivity index (χ0) is 26.7. The van der Waals surface area contributed by atoms with Gasteiger partial charge in [0, 0.05) is 0 Å². The highest BCUT2D eigenvalue weighted by Crippen LogP contribution is 2.26. The van der Waals surface area contributed by atoms with E-state index in [0.29, 0.717) is 0 Å². The lowest BCUT2D eigenvalue weighted by Crippen LogP contribution is -2.27. The Hall–Kier alpha value is -1.82. The van der Waals surface area contributed by atoms with Crippen molar-refractivity contribution in [3.8, 4) is 11.1 Å². The number of benzene rings is 2. The van der Waals surface area contributed by atoms with Gasteiger partial charge in [0.2, 0.25) is 0 Å². The van der Waals surface area contributed by atoms with Crippen LogP contribution in [0.15, 0.2) is 42.5 Å². The molecule has 0 fully saturated rings. The third kappa shape index (κ3) is 10.7. The Morgan fingerprint density at radius 2 is 0.895 bits per heavy atom. The van der Waals surface area contributed by atoms with Crippen molar-refractivity contribution in [2.75, 3.05) is 0 Å². The van der Waals surface area contributed by atoms with Gasteiger partial charge in [-0.3, -0.25) is 0 Å². The van der Waals surface area contributed by atoms with E-state index in [2.05, 4.69) is 62.4 Å². The zero-order valence-corrected chi connectivity index (χ0v) is 25.2. The normalized spacial score (nSPS) is 11.8. The molecule has 3 rings (SSSR count). The first-order chi connectivity index (χ1) is 18.8. The molecule has 0 radical (unpaired) electrons. The highest BCUT2D eigenvalue weighted by atomic mass is 14.2. The van der Waals surface area contributed by atoms with Crippen molar-refractivity contribution in [1.29, 1.82) is 0 Å².